The molecule has 2 N–H and O–H groups in total. The third-order valence-electron chi connectivity index (χ3n) is 5.28. The van der Waals surface area contributed by atoms with Crippen molar-refractivity contribution in [3.8, 4) is 5.75 Å². The van der Waals surface area contributed by atoms with Crippen LogP contribution in [-0.2, 0) is 6.42 Å². The lowest BCUT2D eigenvalue weighted by atomic mass is 10.1. The fourth-order valence-corrected chi connectivity index (χ4v) is 3.77. The number of ether oxygens (including phenoxy) is 1. The Hall–Kier alpha value is -2.86. The quantitative estimate of drug-likeness (QED) is 0.658. The Morgan fingerprint density at radius 2 is 2.07 bits per heavy atom. The van der Waals surface area contributed by atoms with E-state index in [0.717, 1.165) is 54.8 Å². The Kier molecular flexibility index (Phi) is 5.58. The number of aliphatic hydroxyl groups excluding tert-OH is 1. The number of rotatable bonds is 7. The molecule has 0 aliphatic carbocycles. The van der Waals surface area contributed by atoms with Gasteiger partial charge >= 0.3 is 0 Å². The number of nitrogens with zero attached hydrogens (tertiary/aromatic N) is 3. The first kappa shape index (κ1) is 18.5. The van der Waals surface area contributed by atoms with Gasteiger partial charge in [0.2, 0.25) is 5.95 Å². The summed E-state index contributed by atoms with van der Waals surface area (Å²) in [6.07, 6.45) is 2.90. The van der Waals surface area contributed by atoms with Crippen LogP contribution >= 0.6 is 0 Å². The molecule has 0 bridgehead atoms. The van der Waals surface area contributed by atoms with Crippen molar-refractivity contribution in [1.29, 1.82) is 0 Å². The van der Waals surface area contributed by atoms with Crippen LogP contribution in [0.3, 0.4) is 0 Å². The van der Waals surface area contributed by atoms with E-state index >= 15 is 0 Å². The largest absolute Gasteiger partial charge is 0.497 e. The number of benzene rings is 2. The van der Waals surface area contributed by atoms with Gasteiger partial charge in [-0.25, -0.2) is 4.98 Å². The molecule has 3 aromatic rings. The lowest BCUT2D eigenvalue weighted by molar-refractivity contribution is 0.265. The summed E-state index contributed by atoms with van der Waals surface area (Å²) in [6.45, 7) is 1.78. The Bertz CT molecular complexity index is 947. The molecule has 4 rings (SSSR count). The second-order valence-corrected chi connectivity index (χ2v) is 7.09. The van der Waals surface area contributed by atoms with Crippen LogP contribution in [0.15, 0.2) is 48.5 Å². The molecule has 2 heterocycles. The third-order valence-corrected chi connectivity index (χ3v) is 5.28. The maximum absolute atomic E-state index is 9.67. The fraction of sp³-hybridized carbons (Fsp3) is 0.364. The minimum Gasteiger partial charge on any atom is -0.497 e. The van der Waals surface area contributed by atoms with Gasteiger partial charge in [-0.1, -0.05) is 24.3 Å². The molecule has 1 atom stereocenters. The fourth-order valence-electron chi connectivity index (χ4n) is 3.77. The highest BCUT2D eigenvalue weighted by molar-refractivity contribution is 5.90. The lowest BCUT2D eigenvalue weighted by Gasteiger charge is -2.24. The van der Waals surface area contributed by atoms with E-state index in [-0.39, 0.29) is 12.6 Å². The molecule has 1 aromatic heterocycles. The minimum absolute atomic E-state index is 0.103. The molecule has 0 unspecified atom stereocenters. The van der Waals surface area contributed by atoms with E-state index in [1.165, 1.54) is 5.56 Å². The Balaban J connectivity index is 1.56. The van der Waals surface area contributed by atoms with Crippen molar-refractivity contribution >= 4 is 22.7 Å². The number of methoxy groups -OCH3 is 1. The molecule has 1 aliphatic heterocycles. The SMILES string of the molecule is COc1cccc(CCNc2nc(N3CCC[C@H]3CO)nc3ccccc23)c1. The molecule has 1 fully saturated rings. The van der Waals surface area contributed by atoms with E-state index in [2.05, 4.69) is 22.3 Å². The van der Waals surface area contributed by atoms with E-state index in [1.54, 1.807) is 7.11 Å². The number of hydrogen-bond donors (Lipinski definition) is 2. The van der Waals surface area contributed by atoms with Gasteiger partial charge in [0.1, 0.15) is 11.6 Å². The second-order valence-electron chi connectivity index (χ2n) is 7.09. The van der Waals surface area contributed by atoms with Crippen molar-refractivity contribution in [2.75, 3.05) is 37.0 Å². The molecule has 6 heteroatoms. The lowest BCUT2D eigenvalue weighted by Crippen LogP contribution is -2.33. The van der Waals surface area contributed by atoms with Gasteiger partial charge in [-0.05, 0) is 49.1 Å². The van der Waals surface area contributed by atoms with E-state index < -0.39 is 0 Å². The predicted octanol–water partition coefficient (Wildman–Crippen LogP) is 3.25. The van der Waals surface area contributed by atoms with Gasteiger partial charge in [0, 0.05) is 18.5 Å². The number of aromatic nitrogens is 2. The van der Waals surface area contributed by atoms with Crippen LogP contribution in [0.1, 0.15) is 18.4 Å². The topological polar surface area (TPSA) is 70.5 Å². The summed E-state index contributed by atoms with van der Waals surface area (Å²) < 4.78 is 5.30. The zero-order chi connectivity index (χ0) is 19.3. The molecular formula is C22H26N4O2. The van der Waals surface area contributed by atoms with Gasteiger partial charge in [0.25, 0.3) is 0 Å². The van der Waals surface area contributed by atoms with Gasteiger partial charge in [-0.3, -0.25) is 0 Å². The summed E-state index contributed by atoms with van der Waals surface area (Å²) in [6, 6.07) is 16.3. The van der Waals surface area contributed by atoms with Crippen molar-refractivity contribution in [2.45, 2.75) is 25.3 Å². The number of nitrogens with one attached hydrogen (secondary N) is 1. The van der Waals surface area contributed by atoms with Gasteiger partial charge in [-0.2, -0.15) is 4.98 Å². The highest BCUT2D eigenvalue weighted by Gasteiger charge is 2.26. The normalized spacial score (nSPS) is 16.5. The van der Waals surface area contributed by atoms with Crippen molar-refractivity contribution in [1.82, 2.24) is 9.97 Å². The summed E-state index contributed by atoms with van der Waals surface area (Å²) in [5, 5.41) is 14.2. The van der Waals surface area contributed by atoms with Crippen LogP contribution in [0.25, 0.3) is 10.9 Å². The maximum atomic E-state index is 9.67. The van der Waals surface area contributed by atoms with E-state index in [0.29, 0.717) is 5.95 Å². The highest BCUT2D eigenvalue weighted by atomic mass is 16.5. The molecule has 1 saturated heterocycles. The van der Waals surface area contributed by atoms with Crippen molar-refractivity contribution in [3.05, 3.63) is 54.1 Å². The van der Waals surface area contributed by atoms with Crippen LogP contribution in [0.4, 0.5) is 11.8 Å². The first-order valence-corrected chi connectivity index (χ1v) is 9.79. The van der Waals surface area contributed by atoms with Gasteiger partial charge < -0.3 is 20.1 Å². The van der Waals surface area contributed by atoms with Gasteiger partial charge in [0.15, 0.2) is 0 Å². The molecule has 0 saturated carbocycles. The van der Waals surface area contributed by atoms with Crippen LogP contribution in [0.5, 0.6) is 5.75 Å². The number of hydrogen-bond acceptors (Lipinski definition) is 6. The Morgan fingerprint density at radius 3 is 2.93 bits per heavy atom. The smallest absolute Gasteiger partial charge is 0.228 e. The van der Waals surface area contributed by atoms with Gasteiger partial charge in [0.05, 0.1) is 25.3 Å². The number of para-hydroxylation sites is 1. The molecule has 0 spiro atoms. The average molecular weight is 378 g/mol. The first-order valence-electron chi connectivity index (χ1n) is 9.79. The number of fused-ring (bicyclic) bond motifs is 1. The molecule has 2 aromatic carbocycles. The minimum atomic E-state index is 0.103. The van der Waals surface area contributed by atoms with E-state index in [1.807, 2.05) is 36.4 Å². The maximum Gasteiger partial charge on any atom is 0.228 e. The average Bonchev–Trinajstić information content (AvgIpc) is 3.22. The summed E-state index contributed by atoms with van der Waals surface area (Å²) in [7, 11) is 1.68. The molecule has 146 valence electrons. The van der Waals surface area contributed by atoms with E-state index in [9.17, 15) is 5.11 Å². The van der Waals surface area contributed by atoms with Crippen molar-refractivity contribution < 1.29 is 9.84 Å². The highest BCUT2D eigenvalue weighted by Crippen LogP contribution is 2.28. The molecule has 28 heavy (non-hydrogen) atoms. The van der Waals surface area contributed by atoms with Crippen LogP contribution in [-0.4, -0.2) is 47.9 Å². The second kappa shape index (κ2) is 8.44. The molecule has 0 radical (unpaired) electrons. The van der Waals surface area contributed by atoms with Crippen LogP contribution < -0.4 is 15.0 Å². The first-order chi connectivity index (χ1) is 13.8. The molecule has 1 aliphatic rings. The van der Waals surface area contributed by atoms with E-state index in [4.69, 9.17) is 14.7 Å². The number of aliphatic hydroxyl groups is 1. The van der Waals surface area contributed by atoms with Crippen LogP contribution in [0.2, 0.25) is 0 Å². The Morgan fingerprint density at radius 1 is 1.18 bits per heavy atom. The summed E-state index contributed by atoms with van der Waals surface area (Å²) >= 11 is 0. The zero-order valence-electron chi connectivity index (χ0n) is 16.1. The van der Waals surface area contributed by atoms with Crippen LogP contribution in [0, 0.1) is 0 Å². The van der Waals surface area contributed by atoms with Crippen molar-refractivity contribution in [3.63, 3.8) is 0 Å². The summed E-state index contributed by atoms with van der Waals surface area (Å²) in [5.74, 6) is 2.41. The number of anilines is 2. The summed E-state index contributed by atoms with van der Waals surface area (Å²) in [5.41, 5.74) is 2.13. The van der Waals surface area contributed by atoms with Crippen molar-refractivity contribution in [2.24, 2.45) is 0 Å². The molecular weight excluding hydrogens is 352 g/mol. The zero-order valence-corrected chi connectivity index (χ0v) is 16.1. The summed E-state index contributed by atoms with van der Waals surface area (Å²) in [4.78, 5) is 11.7. The predicted molar refractivity (Wildman–Crippen MR) is 112 cm³/mol. The third kappa shape index (κ3) is 3.87. The molecule has 6 nitrogen and oxygen atoms in total. The monoisotopic (exact) mass is 378 g/mol. The molecule has 0 amide bonds. The van der Waals surface area contributed by atoms with Gasteiger partial charge in [-0.15, -0.1) is 0 Å². The Labute approximate surface area is 165 Å². The standard InChI is InChI=1S/C22H26N4O2/c1-28-18-8-4-6-16(14-18)11-12-23-21-19-9-2-3-10-20(19)24-22(25-21)26-13-5-7-17(26)15-27/h2-4,6,8-10,14,17,27H,5,7,11-13,15H2,1H3,(H,23,24,25)/t17-/m0/s1.